The van der Waals surface area contributed by atoms with E-state index in [-0.39, 0.29) is 5.41 Å². The first-order valence-electron chi connectivity index (χ1n) is 6.93. The average Bonchev–Trinajstić information content (AvgIpc) is 3.21. The van der Waals surface area contributed by atoms with Crippen LogP contribution in [-0.4, -0.2) is 35.6 Å². The van der Waals surface area contributed by atoms with Crippen LogP contribution in [0.1, 0.15) is 24.6 Å². The molecule has 0 aliphatic rings. The molecule has 0 fully saturated rings. The molecule has 1 N–H and O–H groups in total. The highest BCUT2D eigenvalue weighted by molar-refractivity contribution is 5.27. The van der Waals surface area contributed by atoms with Gasteiger partial charge in [-0.25, -0.2) is 4.68 Å². The fraction of sp³-hybridized carbons (Fsp3) is 0.357. The van der Waals surface area contributed by atoms with Gasteiger partial charge in [-0.05, 0) is 22.4 Å². The van der Waals surface area contributed by atoms with Crippen LogP contribution in [0.4, 0.5) is 0 Å². The first-order chi connectivity index (χ1) is 10.3. The molecule has 0 spiro atoms. The van der Waals surface area contributed by atoms with Crippen molar-refractivity contribution in [2.24, 2.45) is 0 Å². The molecule has 1 unspecified atom stereocenters. The molecule has 21 heavy (non-hydrogen) atoms. The first-order valence-corrected chi connectivity index (χ1v) is 6.93. The van der Waals surface area contributed by atoms with Crippen molar-refractivity contribution in [3.8, 4) is 0 Å². The highest BCUT2D eigenvalue weighted by Crippen LogP contribution is 2.33. The molecule has 0 saturated heterocycles. The van der Waals surface area contributed by atoms with Gasteiger partial charge in [0.15, 0.2) is 0 Å². The molecule has 0 amide bonds. The number of tetrazole rings is 1. The Labute approximate surface area is 122 Å². The van der Waals surface area contributed by atoms with Crippen molar-refractivity contribution in [2.75, 3.05) is 0 Å². The molecule has 0 bridgehead atoms. The van der Waals surface area contributed by atoms with E-state index in [1.165, 1.54) is 5.56 Å². The molecular formula is C14H17N7. The topological polar surface area (TPSA) is 85.2 Å². The largest absolute Gasteiger partial charge is 0.232 e. The molecule has 7 heteroatoms. The summed E-state index contributed by atoms with van der Waals surface area (Å²) in [6.45, 7) is 2.88. The predicted molar refractivity (Wildman–Crippen MR) is 76.3 cm³/mol. The Balaban J connectivity index is 1.99. The van der Waals surface area contributed by atoms with E-state index < -0.39 is 0 Å². The Bertz CT molecular complexity index is 610. The molecule has 108 valence electrons. The molecule has 3 rings (SSSR count). The monoisotopic (exact) mass is 283 g/mol. The van der Waals surface area contributed by atoms with E-state index >= 15 is 0 Å². The van der Waals surface area contributed by atoms with Gasteiger partial charge in [-0.2, -0.15) is 15.4 Å². The number of benzene rings is 1. The standard InChI is InChI=1S/C14H17N7/c1-2-14(8-13-9-15-18-17-13,10-21-11-16-19-20-21)12-6-4-3-5-7-12/h3-7,9,11H,2,8,10H2,1H3,(H,15,17,18). The summed E-state index contributed by atoms with van der Waals surface area (Å²) in [5.41, 5.74) is 2.08. The van der Waals surface area contributed by atoms with Gasteiger partial charge in [-0.3, -0.25) is 0 Å². The number of hydrogen-bond donors (Lipinski definition) is 1. The molecular weight excluding hydrogens is 266 g/mol. The fourth-order valence-corrected chi connectivity index (χ4v) is 2.70. The molecule has 0 saturated carbocycles. The van der Waals surface area contributed by atoms with E-state index in [1.54, 1.807) is 17.2 Å². The van der Waals surface area contributed by atoms with Gasteiger partial charge in [0.2, 0.25) is 0 Å². The van der Waals surface area contributed by atoms with Crippen LogP contribution in [0, 0.1) is 0 Å². The summed E-state index contributed by atoms with van der Waals surface area (Å²) in [7, 11) is 0. The lowest BCUT2D eigenvalue weighted by Crippen LogP contribution is -2.34. The highest BCUT2D eigenvalue weighted by Gasteiger charge is 2.32. The smallest absolute Gasteiger partial charge is 0.138 e. The van der Waals surface area contributed by atoms with E-state index in [4.69, 9.17) is 0 Å². The summed E-state index contributed by atoms with van der Waals surface area (Å²) in [5.74, 6) is 0. The molecule has 0 radical (unpaired) electrons. The van der Waals surface area contributed by atoms with Crippen molar-refractivity contribution in [3.63, 3.8) is 0 Å². The predicted octanol–water partition coefficient (Wildman–Crippen LogP) is 1.38. The number of nitrogens with zero attached hydrogens (tertiary/aromatic N) is 6. The zero-order chi connectivity index (χ0) is 14.5. The van der Waals surface area contributed by atoms with Crippen molar-refractivity contribution < 1.29 is 0 Å². The van der Waals surface area contributed by atoms with Crippen LogP contribution in [0.5, 0.6) is 0 Å². The van der Waals surface area contributed by atoms with Crippen LogP contribution in [0.25, 0.3) is 0 Å². The Morgan fingerprint density at radius 1 is 1.24 bits per heavy atom. The van der Waals surface area contributed by atoms with Gasteiger partial charge < -0.3 is 0 Å². The number of rotatable bonds is 6. The van der Waals surface area contributed by atoms with Crippen LogP contribution < -0.4 is 0 Å². The van der Waals surface area contributed by atoms with Crippen LogP contribution in [0.2, 0.25) is 0 Å². The van der Waals surface area contributed by atoms with Crippen LogP contribution >= 0.6 is 0 Å². The van der Waals surface area contributed by atoms with Gasteiger partial charge in [-0.1, -0.05) is 37.3 Å². The third-order valence-electron chi connectivity index (χ3n) is 3.90. The van der Waals surface area contributed by atoms with E-state index in [0.717, 1.165) is 18.5 Å². The summed E-state index contributed by atoms with van der Waals surface area (Å²) in [6.07, 6.45) is 5.15. The Morgan fingerprint density at radius 3 is 2.71 bits per heavy atom. The Kier molecular flexibility index (Phi) is 3.72. The zero-order valence-electron chi connectivity index (χ0n) is 11.8. The lowest BCUT2D eigenvalue weighted by atomic mass is 9.74. The first kappa shape index (κ1) is 13.4. The van der Waals surface area contributed by atoms with Gasteiger partial charge in [0, 0.05) is 11.8 Å². The number of nitrogens with one attached hydrogen (secondary N) is 1. The van der Waals surface area contributed by atoms with Gasteiger partial charge in [0.1, 0.15) is 6.33 Å². The van der Waals surface area contributed by atoms with Crippen molar-refractivity contribution in [1.29, 1.82) is 0 Å². The van der Waals surface area contributed by atoms with E-state index in [0.29, 0.717) is 6.54 Å². The number of hydrogen-bond acceptors (Lipinski definition) is 5. The highest BCUT2D eigenvalue weighted by atomic mass is 15.5. The lowest BCUT2D eigenvalue weighted by Gasteiger charge is -2.32. The summed E-state index contributed by atoms with van der Waals surface area (Å²) in [6, 6.07) is 10.4. The number of aromatic nitrogens is 7. The second-order valence-electron chi connectivity index (χ2n) is 5.15. The fourth-order valence-electron chi connectivity index (χ4n) is 2.70. The molecule has 1 atom stereocenters. The minimum absolute atomic E-state index is 0.118. The lowest BCUT2D eigenvalue weighted by molar-refractivity contribution is 0.322. The van der Waals surface area contributed by atoms with Gasteiger partial charge in [0.05, 0.1) is 18.4 Å². The molecule has 3 aromatic rings. The zero-order valence-corrected chi connectivity index (χ0v) is 11.8. The van der Waals surface area contributed by atoms with Crippen molar-refractivity contribution in [1.82, 2.24) is 35.6 Å². The van der Waals surface area contributed by atoms with Crippen molar-refractivity contribution >= 4 is 0 Å². The summed E-state index contributed by atoms with van der Waals surface area (Å²) in [5, 5.41) is 22.3. The van der Waals surface area contributed by atoms with E-state index in [1.807, 2.05) is 6.07 Å². The third-order valence-corrected chi connectivity index (χ3v) is 3.90. The summed E-state index contributed by atoms with van der Waals surface area (Å²) < 4.78 is 1.77. The molecule has 2 aromatic heterocycles. The van der Waals surface area contributed by atoms with Gasteiger partial charge in [-0.15, -0.1) is 5.10 Å². The Hall–Kier alpha value is -2.57. The Morgan fingerprint density at radius 2 is 2.10 bits per heavy atom. The second kappa shape index (κ2) is 5.82. The van der Waals surface area contributed by atoms with Crippen LogP contribution in [-0.2, 0) is 18.4 Å². The summed E-state index contributed by atoms with van der Waals surface area (Å²) in [4.78, 5) is 0. The molecule has 0 aliphatic carbocycles. The minimum atomic E-state index is -0.118. The maximum Gasteiger partial charge on any atom is 0.138 e. The average molecular weight is 283 g/mol. The number of aromatic amines is 1. The molecule has 2 heterocycles. The minimum Gasteiger partial charge on any atom is -0.232 e. The van der Waals surface area contributed by atoms with Gasteiger partial charge >= 0.3 is 0 Å². The summed E-state index contributed by atoms with van der Waals surface area (Å²) >= 11 is 0. The third kappa shape index (κ3) is 2.81. The maximum atomic E-state index is 4.21. The molecule has 1 aromatic carbocycles. The number of H-pyrrole nitrogens is 1. The van der Waals surface area contributed by atoms with E-state index in [9.17, 15) is 0 Å². The van der Waals surface area contributed by atoms with Crippen LogP contribution in [0.3, 0.4) is 0 Å². The van der Waals surface area contributed by atoms with Gasteiger partial charge in [0.25, 0.3) is 0 Å². The van der Waals surface area contributed by atoms with Crippen LogP contribution in [0.15, 0.2) is 42.9 Å². The van der Waals surface area contributed by atoms with Crippen molar-refractivity contribution in [2.45, 2.75) is 31.7 Å². The molecule has 7 nitrogen and oxygen atoms in total. The normalized spacial score (nSPS) is 14.0. The maximum absolute atomic E-state index is 4.21. The SMILES string of the molecule is CCC(Cc1cn[nH]n1)(Cn1cnnn1)c1ccccc1. The second-order valence-corrected chi connectivity index (χ2v) is 5.15. The molecule has 0 aliphatic heterocycles. The quantitative estimate of drug-likeness (QED) is 0.738. The van der Waals surface area contributed by atoms with E-state index in [2.05, 4.69) is 62.1 Å². The van der Waals surface area contributed by atoms with Crippen molar-refractivity contribution in [3.05, 3.63) is 54.1 Å².